The number of carbonyl (C=O) groups excluding carboxylic acids is 1. The predicted molar refractivity (Wildman–Crippen MR) is 73.6 cm³/mol. The number of anilines is 2. The molecule has 1 heterocycles. The van der Waals surface area contributed by atoms with E-state index < -0.39 is 5.91 Å². The van der Waals surface area contributed by atoms with Crippen LogP contribution in [0.3, 0.4) is 0 Å². The first-order valence-corrected chi connectivity index (χ1v) is 6.02. The van der Waals surface area contributed by atoms with Crippen molar-refractivity contribution in [2.45, 2.75) is 6.92 Å². The lowest BCUT2D eigenvalue weighted by Gasteiger charge is -2.11. The fraction of sp³-hybridized carbons (Fsp3) is 0.167. The topological polar surface area (TPSA) is 93.0 Å². The minimum absolute atomic E-state index is 0.197. The number of H-pyrrole nitrogens is 1. The van der Waals surface area contributed by atoms with Crippen LogP contribution in [0.1, 0.15) is 17.4 Å². The van der Waals surface area contributed by atoms with Crippen LogP contribution >= 0.6 is 11.6 Å². The summed E-state index contributed by atoms with van der Waals surface area (Å²) in [4.78, 5) is 12.0. The zero-order valence-corrected chi connectivity index (χ0v) is 11.0. The van der Waals surface area contributed by atoms with E-state index in [1.165, 1.54) is 6.20 Å². The van der Waals surface area contributed by atoms with Gasteiger partial charge in [0.15, 0.2) is 0 Å². The summed E-state index contributed by atoms with van der Waals surface area (Å²) in [5, 5.41) is 9.40. The summed E-state index contributed by atoms with van der Waals surface area (Å²) in [6.45, 7) is 2.34. The summed E-state index contributed by atoms with van der Waals surface area (Å²) in [7, 11) is 0. The van der Waals surface area contributed by atoms with Crippen LogP contribution in [0.25, 0.3) is 0 Å². The Bertz CT molecular complexity index is 597. The summed E-state index contributed by atoms with van der Waals surface area (Å²) >= 11 is 5.90. The Labute approximate surface area is 114 Å². The maximum atomic E-state index is 12.0. The van der Waals surface area contributed by atoms with Gasteiger partial charge in [-0.05, 0) is 25.1 Å². The summed E-state index contributed by atoms with van der Waals surface area (Å²) in [5.41, 5.74) is 6.56. The number of nitrogen functional groups attached to an aromatic ring is 1. The first kappa shape index (κ1) is 13.2. The second-order valence-electron chi connectivity index (χ2n) is 3.73. The molecule has 0 fully saturated rings. The van der Waals surface area contributed by atoms with Crippen molar-refractivity contribution in [3.8, 4) is 5.75 Å². The molecular weight excluding hydrogens is 268 g/mol. The Morgan fingerprint density at radius 2 is 2.37 bits per heavy atom. The van der Waals surface area contributed by atoms with Crippen LogP contribution < -0.4 is 15.8 Å². The Hall–Kier alpha value is -2.21. The molecule has 0 unspecified atom stereocenters. The monoisotopic (exact) mass is 280 g/mol. The zero-order valence-electron chi connectivity index (χ0n) is 10.2. The SMILES string of the molecule is CCOc1ccc(Cl)cc1NC(=O)c1[nH]ncc1N. The highest BCUT2D eigenvalue weighted by Crippen LogP contribution is 2.28. The molecule has 4 N–H and O–H groups in total. The molecule has 0 aliphatic carbocycles. The third kappa shape index (κ3) is 2.97. The number of rotatable bonds is 4. The van der Waals surface area contributed by atoms with Gasteiger partial charge in [0.25, 0.3) is 5.91 Å². The van der Waals surface area contributed by atoms with Crippen molar-refractivity contribution >= 4 is 28.9 Å². The number of ether oxygens (including phenoxy) is 1. The number of halogens is 1. The number of aromatic amines is 1. The van der Waals surface area contributed by atoms with Crippen molar-refractivity contribution in [2.75, 3.05) is 17.7 Å². The minimum atomic E-state index is -0.404. The van der Waals surface area contributed by atoms with Gasteiger partial charge in [0.2, 0.25) is 0 Å². The summed E-state index contributed by atoms with van der Waals surface area (Å²) in [6, 6.07) is 4.99. The van der Waals surface area contributed by atoms with Crippen LogP contribution in [-0.2, 0) is 0 Å². The van der Waals surface area contributed by atoms with Crippen molar-refractivity contribution in [1.82, 2.24) is 10.2 Å². The van der Waals surface area contributed by atoms with E-state index in [-0.39, 0.29) is 11.4 Å². The van der Waals surface area contributed by atoms with Gasteiger partial charge in [-0.15, -0.1) is 0 Å². The molecule has 1 amide bonds. The van der Waals surface area contributed by atoms with E-state index >= 15 is 0 Å². The molecule has 0 atom stereocenters. The highest BCUT2D eigenvalue weighted by Gasteiger charge is 2.14. The number of aromatic nitrogens is 2. The van der Waals surface area contributed by atoms with Gasteiger partial charge in [-0.3, -0.25) is 9.89 Å². The van der Waals surface area contributed by atoms with Gasteiger partial charge < -0.3 is 15.8 Å². The van der Waals surface area contributed by atoms with Gasteiger partial charge in [-0.25, -0.2) is 0 Å². The molecular formula is C12H13ClN4O2. The maximum Gasteiger partial charge on any atom is 0.275 e. The van der Waals surface area contributed by atoms with E-state index in [4.69, 9.17) is 22.1 Å². The number of carbonyl (C=O) groups is 1. The van der Waals surface area contributed by atoms with Crippen molar-refractivity contribution in [2.24, 2.45) is 0 Å². The second kappa shape index (κ2) is 5.62. The fourth-order valence-electron chi connectivity index (χ4n) is 1.54. The number of amides is 1. The van der Waals surface area contributed by atoms with Crippen LogP contribution in [0.15, 0.2) is 24.4 Å². The highest BCUT2D eigenvalue weighted by molar-refractivity contribution is 6.31. The van der Waals surface area contributed by atoms with Gasteiger partial charge in [0.1, 0.15) is 11.4 Å². The van der Waals surface area contributed by atoms with Crippen LogP contribution in [0, 0.1) is 0 Å². The molecule has 2 rings (SSSR count). The Morgan fingerprint density at radius 1 is 1.58 bits per heavy atom. The average Bonchev–Trinajstić information content (AvgIpc) is 2.79. The largest absolute Gasteiger partial charge is 0.492 e. The van der Waals surface area contributed by atoms with Crippen LogP contribution in [0.4, 0.5) is 11.4 Å². The van der Waals surface area contributed by atoms with Gasteiger partial charge in [-0.1, -0.05) is 11.6 Å². The molecule has 0 saturated carbocycles. The molecule has 0 aliphatic heterocycles. The van der Waals surface area contributed by atoms with Crippen LogP contribution in [0.5, 0.6) is 5.75 Å². The molecule has 0 saturated heterocycles. The zero-order chi connectivity index (χ0) is 13.8. The van der Waals surface area contributed by atoms with Crippen LogP contribution in [-0.4, -0.2) is 22.7 Å². The number of benzene rings is 1. The Balaban J connectivity index is 2.25. The molecule has 6 nitrogen and oxygen atoms in total. The molecule has 7 heteroatoms. The van der Waals surface area contributed by atoms with Crippen LogP contribution in [0.2, 0.25) is 5.02 Å². The molecule has 100 valence electrons. The van der Waals surface area contributed by atoms with Gasteiger partial charge >= 0.3 is 0 Å². The van der Waals surface area contributed by atoms with Gasteiger partial charge in [-0.2, -0.15) is 5.10 Å². The smallest absolute Gasteiger partial charge is 0.275 e. The van der Waals surface area contributed by atoms with E-state index in [1.54, 1.807) is 18.2 Å². The number of hydrogen-bond acceptors (Lipinski definition) is 4. The molecule has 0 spiro atoms. The standard InChI is InChI=1S/C12H13ClN4O2/c1-2-19-10-4-3-7(13)5-9(10)16-12(18)11-8(14)6-15-17-11/h3-6H,2,14H2,1H3,(H,15,17)(H,16,18). The molecule has 0 radical (unpaired) electrons. The highest BCUT2D eigenvalue weighted by atomic mass is 35.5. The van der Waals surface area contributed by atoms with Crippen molar-refractivity contribution < 1.29 is 9.53 Å². The molecule has 2 aromatic rings. The quantitative estimate of drug-likeness (QED) is 0.801. The molecule has 1 aromatic carbocycles. The first-order valence-electron chi connectivity index (χ1n) is 5.64. The third-order valence-electron chi connectivity index (χ3n) is 2.39. The number of hydrogen-bond donors (Lipinski definition) is 3. The minimum Gasteiger partial charge on any atom is -0.492 e. The summed E-state index contributed by atoms with van der Waals surface area (Å²) in [6.07, 6.45) is 1.37. The van der Waals surface area contributed by atoms with E-state index in [9.17, 15) is 4.79 Å². The lowest BCUT2D eigenvalue weighted by Crippen LogP contribution is -2.15. The Morgan fingerprint density at radius 3 is 3.00 bits per heavy atom. The van der Waals surface area contributed by atoms with E-state index in [0.717, 1.165) is 0 Å². The molecule has 0 aliphatic rings. The Kier molecular flexibility index (Phi) is 3.91. The van der Waals surface area contributed by atoms with Crippen molar-refractivity contribution in [1.29, 1.82) is 0 Å². The number of nitrogens with two attached hydrogens (primary N) is 1. The fourth-order valence-corrected chi connectivity index (χ4v) is 1.72. The summed E-state index contributed by atoms with van der Waals surface area (Å²) in [5.74, 6) is 0.136. The van der Waals surface area contributed by atoms with Gasteiger partial charge in [0, 0.05) is 5.02 Å². The third-order valence-corrected chi connectivity index (χ3v) is 2.62. The van der Waals surface area contributed by atoms with Crippen molar-refractivity contribution in [3.63, 3.8) is 0 Å². The summed E-state index contributed by atoms with van der Waals surface area (Å²) < 4.78 is 5.41. The molecule has 0 bridgehead atoms. The second-order valence-corrected chi connectivity index (χ2v) is 4.16. The van der Waals surface area contributed by atoms with Crippen molar-refractivity contribution in [3.05, 3.63) is 35.1 Å². The van der Waals surface area contributed by atoms with E-state index in [0.29, 0.717) is 23.1 Å². The maximum absolute atomic E-state index is 12.0. The molecule has 1 aromatic heterocycles. The lowest BCUT2D eigenvalue weighted by molar-refractivity contribution is 0.102. The number of nitrogens with zero attached hydrogens (tertiary/aromatic N) is 1. The molecule has 19 heavy (non-hydrogen) atoms. The van der Waals surface area contributed by atoms with E-state index in [1.807, 2.05) is 6.92 Å². The van der Waals surface area contributed by atoms with E-state index in [2.05, 4.69) is 15.5 Å². The average molecular weight is 281 g/mol. The first-order chi connectivity index (χ1) is 9.11. The normalized spacial score (nSPS) is 10.2. The van der Waals surface area contributed by atoms with Gasteiger partial charge in [0.05, 0.1) is 24.2 Å². The predicted octanol–water partition coefficient (Wildman–Crippen LogP) is 2.30. The number of nitrogens with one attached hydrogen (secondary N) is 2. The lowest BCUT2D eigenvalue weighted by atomic mass is 10.2.